The molecule has 1 fully saturated rings. The normalized spacial score (nSPS) is 27.3. The van der Waals surface area contributed by atoms with Gasteiger partial charge in [0.1, 0.15) is 24.3 Å². The summed E-state index contributed by atoms with van der Waals surface area (Å²) in [4.78, 5) is 0. The maximum atomic E-state index is 12.8. The molecule has 0 radical (unpaired) electrons. The van der Waals surface area contributed by atoms with Crippen LogP contribution in [-0.2, 0) is 0 Å². The fourth-order valence-electron chi connectivity index (χ4n) is 2.82. The number of hydrogen-bond acceptors (Lipinski definition) is 3. The van der Waals surface area contributed by atoms with Gasteiger partial charge in [0.25, 0.3) is 0 Å². The zero-order chi connectivity index (χ0) is 15.2. The lowest BCUT2D eigenvalue weighted by Gasteiger charge is -2.33. The third kappa shape index (κ3) is 5.29. The monoisotopic (exact) mass is 295 g/mol. The Hall–Kier alpha value is -1.13. The Bertz CT molecular complexity index is 423. The minimum atomic E-state index is -0.551. The average molecular weight is 295 g/mol. The molecule has 1 aliphatic carbocycles. The quantitative estimate of drug-likeness (QED) is 0.848. The Labute approximate surface area is 126 Å². The van der Waals surface area contributed by atoms with Crippen LogP contribution in [0.5, 0.6) is 5.75 Å². The van der Waals surface area contributed by atoms with Gasteiger partial charge in [-0.3, -0.25) is 0 Å². The number of halogens is 1. The lowest BCUT2D eigenvalue weighted by molar-refractivity contribution is 0.0983. The molecule has 1 aliphatic rings. The van der Waals surface area contributed by atoms with Crippen molar-refractivity contribution in [2.24, 2.45) is 11.8 Å². The van der Waals surface area contributed by atoms with Gasteiger partial charge in [-0.05, 0) is 55.4 Å². The van der Waals surface area contributed by atoms with Gasteiger partial charge in [-0.1, -0.05) is 13.8 Å². The van der Waals surface area contributed by atoms with Gasteiger partial charge in [-0.15, -0.1) is 0 Å². The number of ether oxygens (including phenoxy) is 1. The van der Waals surface area contributed by atoms with Crippen LogP contribution in [0, 0.1) is 17.7 Å². The van der Waals surface area contributed by atoms with E-state index < -0.39 is 6.10 Å². The van der Waals surface area contributed by atoms with Crippen LogP contribution in [0.3, 0.4) is 0 Å². The molecule has 21 heavy (non-hydrogen) atoms. The second kappa shape index (κ2) is 7.76. The van der Waals surface area contributed by atoms with Crippen LogP contribution < -0.4 is 10.1 Å². The van der Waals surface area contributed by atoms with Crippen LogP contribution in [0.25, 0.3) is 0 Å². The third-order valence-corrected chi connectivity index (χ3v) is 4.50. The maximum absolute atomic E-state index is 12.8. The number of hydrogen-bond donors (Lipinski definition) is 2. The molecule has 3 nitrogen and oxygen atoms in total. The van der Waals surface area contributed by atoms with Gasteiger partial charge in [0.05, 0.1) is 0 Å². The highest BCUT2D eigenvalue weighted by Crippen LogP contribution is 2.29. The molecule has 0 saturated heterocycles. The molecule has 0 aromatic heterocycles. The number of benzene rings is 1. The van der Waals surface area contributed by atoms with Gasteiger partial charge in [0.15, 0.2) is 0 Å². The number of nitrogens with one attached hydrogen (secondary N) is 1. The summed E-state index contributed by atoms with van der Waals surface area (Å²) in [6.45, 7) is 5.36. The summed E-state index contributed by atoms with van der Waals surface area (Å²) in [6, 6.07) is 6.34. The van der Waals surface area contributed by atoms with E-state index >= 15 is 0 Å². The van der Waals surface area contributed by atoms with Crippen LogP contribution >= 0.6 is 0 Å². The van der Waals surface area contributed by atoms with Crippen molar-refractivity contribution in [3.8, 4) is 5.75 Å². The first-order valence-electron chi connectivity index (χ1n) is 7.84. The highest BCUT2D eigenvalue weighted by Gasteiger charge is 2.24. The Morgan fingerprint density at radius 2 is 1.95 bits per heavy atom. The molecule has 1 aromatic rings. The lowest BCUT2D eigenvalue weighted by Crippen LogP contribution is -2.41. The predicted octanol–water partition coefficient (Wildman–Crippen LogP) is 2.98. The van der Waals surface area contributed by atoms with E-state index in [9.17, 15) is 9.50 Å². The average Bonchev–Trinajstić information content (AvgIpc) is 2.48. The minimum absolute atomic E-state index is 0.220. The standard InChI is InChI=1S/C17H26FNO2/c1-12-3-6-15(9-13(12)2)19-10-16(20)11-21-17-7-4-14(18)5-8-17/h4-5,7-8,12-13,15-16,19-20H,3,6,9-11H2,1-2H3. The first-order valence-corrected chi connectivity index (χ1v) is 7.84. The highest BCUT2D eigenvalue weighted by atomic mass is 19.1. The molecule has 2 rings (SSSR count). The van der Waals surface area contributed by atoms with Crippen molar-refractivity contribution >= 4 is 0 Å². The topological polar surface area (TPSA) is 41.5 Å². The van der Waals surface area contributed by atoms with Gasteiger partial charge in [0.2, 0.25) is 0 Å². The second-order valence-electron chi connectivity index (χ2n) is 6.29. The molecule has 118 valence electrons. The fourth-order valence-corrected chi connectivity index (χ4v) is 2.82. The predicted molar refractivity (Wildman–Crippen MR) is 81.9 cm³/mol. The minimum Gasteiger partial charge on any atom is -0.491 e. The van der Waals surface area contributed by atoms with E-state index in [2.05, 4.69) is 19.2 Å². The van der Waals surface area contributed by atoms with Crippen molar-refractivity contribution in [1.82, 2.24) is 5.32 Å². The van der Waals surface area contributed by atoms with Crippen LogP contribution in [-0.4, -0.2) is 30.4 Å². The molecule has 0 aliphatic heterocycles. The lowest BCUT2D eigenvalue weighted by atomic mass is 9.79. The Morgan fingerprint density at radius 1 is 1.24 bits per heavy atom. The molecule has 0 bridgehead atoms. The van der Waals surface area contributed by atoms with Crippen LogP contribution in [0.15, 0.2) is 24.3 Å². The molecule has 4 heteroatoms. The summed E-state index contributed by atoms with van der Waals surface area (Å²) in [6.07, 6.45) is 3.05. The molecule has 0 amide bonds. The van der Waals surface area contributed by atoms with Gasteiger partial charge >= 0.3 is 0 Å². The zero-order valence-corrected chi connectivity index (χ0v) is 12.9. The molecule has 1 aromatic carbocycles. The van der Waals surface area contributed by atoms with E-state index in [4.69, 9.17) is 4.74 Å². The Balaban J connectivity index is 1.65. The van der Waals surface area contributed by atoms with Crippen LogP contribution in [0.2, 0.25) is 0 Å². The van der Waals surface area contributed by atoms with E-state index in [1.807, 2.05) is 0 Å². The van der Waals surface area contributed by atoms with Gasteiger partial charge < -0.3 is 15.2 Å². The van der Waals surface area contributed by atoms with Crippen molar-refractivity contribution < 1.29 is 14.2 Å². The summed E-state index contributed by atoms with van der Waals surface area (Å²) < 4.78 is 18.2. The van der Waals surface area contributed by atoms with Crippen molar-refractivity contribution in [1.29, 1.82) is 0 Å². The van der Waals surface area contributed by atoms with Crippen LogP contribution in [0.4, 0.5) is 4.39 Å². The van der Waals surface area contributed by atoms with E-state index in [1.54, 1.807) is 12.1 Å². The highest BCUT2D eigenvalue weighted by molar-refractivity contribution is 5.22. The molecule has 1 saturated carbocycles. The summed E-state index contributed by atoms with van der Waals surface area (Å²) >= 11 is 0. The molecule has 4 atom stereocenters. The fraction of sp³-hybridized carbons (Fsp3) is 0.647. The molecule has 2 N–H and O–H groups in total. The summed E-state index contributed by atoms with van der Waals surface area (Å²) in [7, 11) is 0. The van der Waals surface area contributed by atoms with E-state index in [0.29, 0.717) is 18.3 Å². The molecular formula is C17H26FNO2. The number of rotatable bonds is 6. The van der Waals surface area contributed by atoms with Crippen LogP contribution in [0.1, 0.15) is 33.1 Å². The van der Waals surface area contributed by atoms with Gasteiger partial charge in [-0.2, -0.15) is 0 Å². The summed E-state index contributed by atoms with van der Waals surface area (Å²) in [5, 5.41) is 13.4. The SMILES string of the molecule is CC1CCC(NCC(O)COc2ccc(F)cc2)CC1C. The van der Waals surface area contributed by atoms with Gasteiger partial charge in [0, 0.05) is 12.6 Å². The summed E-state index contributed by atoms with van der Waals surface area (Å²) in [5.41, 5.74) is 0. The maximum Gasteiger partial charge on any atom is 0.123 e. The Kier molecular flexibility index (Phi) is 6.00. The molecular weight excluding hydrogens is 269 g/mol. The van der Waals surface area contributed by atoms with E-state index in [-0.39, 0.29) is 12.4 Å². The second-order valence-corrected chi connectivity index (χ2v) is 6.29. The van der Waals surface area contributed by atoms with Gasteiger partial charge in [-0.25, -0.2) is 4.39 Å². The zero-order valence-electron chi connectivity index (χ0n) is 12.9. The van der Waals surface area contributed by atoms with E-state index in [1.165, 1.54) is 31.4 Å². The molecule has 0 heterocycles. The number of aliphatic hydroxyl groups excluding tert-OH is 1. The smallest absolute Gasteiger partial charge is 0.123 e. The Morgan fingerprint density at radius 3 is 2.62 bits per heavy atom. The summed E-state index contributed by atoms with van der Waals surface area (Å²) in [5.74, 6) is 1.83. The number of aliphatic hydroxyl groups is 1. The third-order valence-electron chi connectivity index (χ3n) is 4.50. The van der Waals surface area contributed by atoms with Crippen molar-refractivity contribution in [3.05, 3.63) is 30.1 Å². The van der Waals surface area contributed by atoms with E-state index in [0.717, 1.165) is 11.8 Å². The largest absolute Gasteiger partial charge is 0.491 e. The van der Waals surface area contributed by atoms with Crippen molar-refractivity contribution in [2.75, 3.05) is 13.2 Å². The first-order chi connectivity index (χ1) is 10.0. The first kappa shape index (κ1) is 16.2. The van der Waals surface area contributed by atoms with Crippen molar-refractivity contribution in [3.63, 3.8) is 0 Å². The van der Waals surface area contributed by atoms with Crippen molar-refractivity contribution in [2.45, 2.75) is 45.3 Å². The molecule has 0 spiro atoms. The molecule has 4 unspecified atom stereocenters.